The molecule has 1 saturated carbocycles. The second kappa shape index (κ2) is 9.65. The topological polar surface area (TPSA) is 143 Å². The van der Waals surface area contributed by atoms with E-state index < -0.39 is 10.0 Å². The van der Waals surface area contributed by atoms with Crippen LogP contribution in [-0.4, -0.2) is 41.4 Å². The third-order valence-corrected chi connectivity index (χ3v) is 8.33. The first-order chi connectivity index (χ1) is 15.3. The number of nitrogens with zero attached hydrogens (tertiary/aromatic N) is 3. The molecule has 1 fully saturated rings. The predicted molar refractivity (Wildman–Crippen MR) is 126 cm³/mol. The van der Waals surface area contributed by atoms with Gasteiger partial charge in [0.25, 0.3) is 0 Å². The second-order valence-electron chi connectivity index (χ2n) is 8.16. The summed E-state index contributed by atoms with van der Waals surface area (Å²) in [5.74, 6) is 0.704. The smallest absolute Gasteiger partial charge is 0.242 e. The highest BCUT2D eigenvalue weighted by Gasteiger charge is 2.25. The SMILES string of the molecule is CC(Nc1ncc(S(=O)(=O)NCC[C@@H]2CCCC[C@@H]2O)c2ccccc12)c1nnc(N)s1. The third-order valence-electron chi connectivity index (χ3n) is 5.90. The van der Waals surface area contributed by atoms with Gasteiger partial charge >= 0.3 is 0 Å². The Kier molecular flexibility index (Phi) is 6.89. The summed E-state index contributed by atoms with van der Waals surface area (Å²) in [4.78, 5) is 4.55. The van der Waals surface area contributed by atoms with E-state index in [0.29, 0.717) is 28.1 Å². The molecule has 0 spiro atoms. The fourth-order valence-electron chi connectivity index (χ4n) is 4.17. The maximum atomic E-state index is 13.1. The molecular formula is C21H28N6O3S2. The molecule has 32 heavy (non-hydrogen) atoms. The van der Waals surface area contributed by atoms with Crippen LogP contribution in [0.25, 0.3) is 10.8 Å². The molecule has 2 aromatic heterocycles. The molecule has 11 heteroatoms. The molecule has 3 aromatic rings. The van der Waals surface area contributed by atoms with Crippen molar-refractivity contribution in [3.05, 3.63) is 35.5 Å². The molecule has 1 aliphatic carbocycles. The average molecular weight is 477 g/mol. The molecule has 1 unspecified atom stereocenters. The largest absolute Gasteiger partial charge is 0.393 e. The third kappa shape index (κ3) is 5.01. The molecule has 172 valence electrons. The van der Waals surface area contributed by atoms with Crippen molar-refractivity contribution < 1.29 is 13.5 Å². The lowest BCUT2D eigenvalue weighted by Gasteiger charge is -2.27. The van der Waals surface area contributed by atoms with Gasteiger partial charge in [-0.25, -0.2) is 18.1 Å². The fourth-order valence-corrected chi connectivity index (χ4v) is 5.98. The molecule has 1 aromatic carbocycles. The van der Waals surface area contributed by atoms with Gasteiger partial charge in [-0.2, -0.15) is 0 Å². The van der Waals surface area contributed by atoms with E-state index in [-0.39, 0.29) is 29.5 Å². The quantitative estimate of drug-likeness (QED) is 0.388. The lowest BCUT2D eigenvalue weighted by Crippen LogP contribution is -2.31. The number of nitrogen functional groups attached to an aromatic ring is 1. The Balaban J connectivity index is 1.53. The van der Waals surface area contributed by atoms with Gasteiger partial charge in [-0.15, -0.1) is 10.2 Å². The number of hydrogen-bond donors (Lipinski definition) is 4. The lowest BCUT2D eigenvalue weighted by atomic mass is 9.84. The number of sulfonamides is 1. The van der Waals surface area contributed by atoms with Gasteiger partial charge in [-0.3, -0.25) is 0 Å². The summed E-state index contributed by atoms with van der Waals surface area (Å²) >= 11 is 1.29. The zero-order valence-corrected chi connectivity index (χ0v) is 19.5. The van der Waals surface area contributed by atoms with Crippen LogP contribution in [0.2, 0.25) is 0 Å². The standard InChI is InChI=1S/C21H28N6O3S2/c1-13(20-26-27-21(22)31-20)25-19-16-8-4-3-7-15(16)18(12-23-19)32(29,30)24-11-10-14-6-2-5-9-17(14)28/h3-4,7-8,12-14,17,24,28H,2,5-6,9-11H2,1H3,(H2,22,27)(H,23,25)/t13?,14-,17-/m0/s1. The summed E-state index contributed by atoms with van der Waals surface area (Å²) < 4.78 is 28.8. The molecule has 0 bridgehead atoms. The van der Waals surface area contributed by atoms with E-state index in [1.54, 1.807) is 12.1 Å². The van der Waals surface area contributed by atoms with Crippen molar-refractivity contribution in [2.45, 2.75) is 56.1 Å². The fraction of sp³-hybridized carbons (Fsp3) is 0.476. The first-order valence-electron chi connectivity index (χ1n) is 10.8. The van der Waals surface area contributed by atoms with Crippen LogP contribution in [0.15, 0.2) is 35.4 Å². The minimum atomic E-state index is -3.76. The Labute approximate surface area is 191 Å². The van der Waals surface area contributed by atoms with Crippen LogP contribution < -0.4 is 15.8 Å². The van der Waals surface area contributed by atoms with Gasteiger partial charge in [-0.1, -0.05) is 48.4 Å². The monoisotopic (exact) mass is 476 g/mol. The van der Waals surface area contributed by atoms with Crippen molar-refractivity contribution in [1.82, 2.24) is 19.9 Å². The Bertz CT molecular complexity index is 1180. The van der Waals surface area contributed by atoms with Crippen molar-refractivity contribution >= 4 is 43.1 Å². The minimum Gasteiger partial charge on any atom is -0.393 e. The molecule has 2 heterocycles. The number of aromatic nitrogens is 3. The van der Waals surface area contributed by atoms with Crippen molar-refractivity contribution in [1.29, 1.82) is 0 Å². The van der Waals surface area contributed by atoms with Gasteiger partial charge in [0.05, 0.1) is 12.1 Å². The number of aliphatic hydroxyl groups excluding tert-OH is 1. The average Bonchev–Trinajstić information content (AvgIpc) is 3.21. The minimum absolute atomic E-state index is 0.135. The number of fused-ring (bicyclic) bond motifs is 1. The molecule has 5 N–H and O–H groups in total. The Morgan fingerprint density at radius 2 is 1.97 bits per heavy atom. The molecule has 9 nitrogen and oxygen atoms in total. The summed E-state index contributed by atoms with van der Waals surface area (Å²) in [5.41, 5.74) is 5.68. The predicted octanol–water partition coefficient (Wildman–Crippen LogP) is 3.06. The van der Waals surface area contributed by atoms with Crippen LogP contribution in [0.3, 0.4) is 0 Å². The van der Waals surface area contributed by atoms with E-state index in [4.69, 9.17) is 5.73 Å². The van der Waals surface area contributed by atoms with Crippen molar-refractivity contribution in [3.63, 3.8) is 0 Å². The summed E-state index contributed by atoms with van der Waals surface area (Å²) in [6, 6.07) is 7.07. The van der Waals surface area contributed by atoms with Crippen LogP contribution >= 0.6 is 11.3 Å². The maximum Gasteiger partial charge on any atom is 0.242 e. The normalized spacial score (nSPS) is 20.3. The summed E-state index contributed by atoms with van der Waals surface area (Å²) in [7, 11) is -3.76. The first kappa shape index (κ1) is 22.8. The molecule has 0 radical (unpaired) electrons. The Hall–Kier alpha value is -2.34. The van der Waals surface area contributed by atoms with Crippen LogP contribution in [0.1, 0.15) is 50.1 Å². The number of pyridine rings is 1. The van der Waals surface area contributed by atoms with Gasteiger partial charge in [-0.05, 0) is 32.1 Å². The van der Waals surface area contributed by atoms with E-state index in [0.717, 1.165) is 30.7 Å². The number of rotatable bonds is 8. The molecule has 1 aliphatic rings. The van der Waals surface area contributed by atoms with E-state index >= 15 is 0 Å². The van der Waals surface area contributed by atoms with Crippen molar-refractivity contribution in [2.24, 2.45) is 5.92 Å². The number of aliphatic hydroxyl groups is 1. The van der Waals surface area contributed by atoms with Crippen LogP contribution in [-0.2, 0) is 10.0 Å². The molecule has 0 amide bonds. The van der Waals surface area contributed by atoms with Crippen LogP contribution in [0, 0.1) is 5.92 Å². The highest BCUT2D eigenvalue weighted by Crippen LogP contribution is 2.31. The zero-order chi connectivity index (χ0) is 22.7. The Morgan fingerprint density at radius 1 is 1.22 bits per heavy atom. The van der Waals surface area contributed by atoms with E-state index in [1.807, 2.05) is 19.1 Å². The molecule has 0 saturated heterocycles. The zero-order valence-electron chi connectivity index (χ0n) is 17.9. The number of nitrogens with one attached hydrogen (secondary N) is 2. The molecule has 4 rings (SSSR count). The van der Waals surface area contributed by atoms with Crippen molar-refractivity contribution in [3.8, 4) is 0 Å². The van der Waals surface area contributed by atoms with Crippen molar-refractivity contribution in [2.75, 3.05) is 17.6 Å². The van der Waals surface area contributed by atoms with Gasteiger partial charge in [0.15, 0.2) is 0 Å². The number of benzene rings is 1. The number of hydrogen-bond acceptors (Lipinski definition) is 9. The highest BCUT2D eigenvalue weighted by molar-refractivity contribution is 7.89. The van der Waals surface area contributed by atoms with E-state index in [9.17, 15) is 13.5 Å². The summed E-state index contributed by atoms with van der Waals surface area (Å²) in [6.07, 6.45) is 5.50. The lowest BCUT2D eigenvalue weighted by molar-refractivity contribution is 0.0661. The van der Waals surface area contributed by atoms with Gasteiger partial charge in [0.1, 0.15) is 15.7 Å². The summed E-state index contributed by atoms with van der Waals surface area (Å²) in [5, 5.41) is 23.7. The summed E-state index contributed by atoms with van der Waals surface area (Å²) in [6.45, 7) is 2.20. The van der Waals surface area contributed by atoms with Gasteiger partial charge in [0, 0.05) is 23.5 Å². The van der Waals surface area contributed by atoms with E-state index in [2.05, 4.69) is 25.2 Å². The van der Waals surface area contributed by atoms with Gasteiger partial charge in [0.2, 0.25) is 15.2 Å². The molecule has 0 aliphatic heterocycles. The second-order valence-corrected chi connectivity index (χ2v) is 10.9. The Morgan fingerprint density at radius 3 is 2.69 bits per heavy atom. The van der Waals surface area contributed by atoms with E-state index in [1.165, 1.54) is 17.5 Å². The number of anilines is 2. The van der Waals surface area contributed by atoms with Crippen LogP contribution in [0.5, 0.6) is 0 Å². The molecular weight excluding hydrogens is 448 g/mol. The highest BCUT2D eigenvalue weighted by atomic mass is 32.2. The maximum absolute atomic E-state index is 13.1. The molecule has 3 atom stereocenters. The number of nitrogens with two attached hydrogens (primary N) is 1. The first-order valence-corrected chi connectivity index (χ1v) is 13.1. The van der Waals surface area contributed by atoms with Gasteiger partial charge < -0.3 is 16.2 Å². The van der Waals surface area contributed by atoms with Crippen LogP contribution in [0.4, 0.5) is 10.9 Å².